The maximum absolute atomic E-state index is 5.44. The summed E-state index contributed by atoms with van der Waals surface area (Å²) in [6.07, 6.45) is 0. The van der Waals surface area contributed by atoms with Crippen LogP contribution in [-0.4, -0.2) is 38.2 Å². The Kier molecular flexibility index (Phi) is 6.76. The van der Waals surface area contributed by atoms with Crippen molar-refractivity contribution in [1.29, 1.82) is 0 Å². The van der Waals surface area contributed by atoms with Gasteiger partial charge in [-0.3, -0.25) is 4.90 Å². The minimum atomic E-state index is 0.379. The highest BCUT2D eigenvalue weighted by atomic mass is 16.5. The van der Waals surface area contributed by atoms with Gasteiger partial charge in [-0.2, -0.15) is 0 Å². The van der Waals surface area contributed by atoms with Crippen molar-refractivity contribution in [2.45, 2.75) is 26.8 Å². The third-order valence-corrected chi connectivity index (χ3v) is 3.37. The lowest BCUT2D eigenvalue weighted by molar-refractivity contribution is 0.218. The number of ether oxygens (including phenoxy) is 1. The van der Waals surface area contributed by atoms with Gasteiger partial charge in [-0.25, -0.2) is 0 Å². The zero-order chi connectivity index (χ0) is 13.4. The molecule has 0 aromatic heterocycles. The molecule has 3 heteroatoms. The topological polar surface area (TPSA) is 24.5 Å². The van der Waals surface area contributed by atoms with Gasteiger partial charge in [-0.05, 0) is 26.1 Å². The van der Waals surface area contributed by atoms with Gasteiger partial charge in [0.1, 0.15) is 5.75 Å². The lowest BCUT2D eigenvalue weighted by Gasteiger charge is -2.29. The van der Waals surface area contributed by atoms with Gasteiger partial charge >= 0.3 is 0 Å². The lowest BCUT2D eigenvalue weighted by atomic mass is 10.1. The highest BCUT2D eigenvalue weighted by Crippen LogP contribution is 2.28. The number of rotatable bonds is 8. The predicted molar refractivity (Wildman–Crippen MR) is 77.2 cm³/mol. The highest BCUT2D eigenvalue weighted by molar-refractivity contribution is 5.35. The molecular formula is C15H26N2O. The first-order valence-electron chi connectivity index (χ1n) is 6.82. The largest absolute Gasteiger partial charge is 0.496 e. The second-order valence-electron chi connectivity index (χ2n) is 4.40. The van der Waals surface area contributed by atoms with Crippen molar-refractivity contribution >= 4 is 0 Å². The fraction of sp³-hybridized carbons (Fsp3) is 0.600. The highest BCUT2D eigenvalue weighted by Gasteiger charge is 2.16. The molecule has 0 bridgehead atoms. The van der Waals surface area contributed by atoms with Crippen molar-refractivity contribution in [1.82, 2.24) is 10.2 Å². The van der Waals surface area contributed by atoms with Crippen LogP contribution < -0.4 is 10.1 Å². The third kappa shape index (κ3) is 4.00. The average Bonchev–Trinajstić information content (AvgIpc) is 2.43. The molecular weight excluding hydrogens is 224 g/mol. The summed E-state index contributed by atoms with van der Waals surface area (Å²) in [5.41, 5.74) is 1.26. The maximum Gasteiger partial charge on any atom is 0.123 e. The molecule has 0 radical (unpaired) electrons. The molecule has 0 saturated heterocycles. The van der Waals surface area contributed by atoms with E-state index in [4.69, 9.17) is 4.74 Å². The molecule has 3 nitrogen and oxygen atoms in total. The maximum atomic E-state index is 5.44. The molecule has 0 aliphatic heterocycles. The molecule has 1 aromatic carbocycles. The van der Waals surface area contributed by atoms with E-state index in [0.717, 1.165) is 31.9 Å². The SMILES string of the molecule is CCNCCN(CC)[C@@H](C)c1ccccc1OC. The van der Waals surface area contributed by atoms with E-state index < -0.39 is 0 Å². The second kappa shape index (κ2) is 8.11. The van der Waals surface area contributed by atoms with E-state index in [1.807, 2.05) is 12.1 Å². The fourth-order valence-corrected chi connectivity index (χ4v) is 2.23. The second-order valence-corrected chi connectivity index (χ2v) is 4.40. The summed E-state index contributed by atoms with van der Waals surface area (Å²) in [5.74, 6) is 0.979. The van der Waals surface area contributed by atoms with Crippen LogP contribution in [0.2, 0.25) is 0 Å². The zero-order valence-electron chi connectivity index (χ0n) is 12.1. The van der Waals surface area contributed by atoms with Gasteiger partial charge in [-0.15, -0.1) is 0 Å². The number of hydrogen-bond acceptors (Lipinski definition) is 3. The fourth-order valence-electron chi connectivity index (χ4n) is 2.23. The quantitative estimate of drug-likeness (QED) is 0.718. The number of nitrogens with one attached hydrogen (secondary N) is 1. The first-order chi connectivity index (χ1) is 8.74. The Morgan fingerprint density at radius 3 is 2.61 bits per heavy atom. The van der Waals surface area contributed by atoms with Gasteiger partial charge in [0.2, 0.25) is 0 Å². The molecule has 1 aromatic rings. The van der Waals surface area contributed by atoms with Crippen molar-refractivity contribution in [3.63, 3.8) is 0 Å². The molecule has 0 aliphatic rings. The Labute approximate surface area is 111 Å². The molecule has 0 fully saturated rings. The Morgan fingerprint density at radius 2 is 2.00 bits per heavy atom. The standard InChI is InChI=1S/C15H26N2O/c1-5-16-11-12-17(6-2)13(3)14-9-7-8-10-15(14)18-4/h7-10,13,16H,5-6,11-12H2,1-4H3/t13-/m0/s1. The van der Waals surface area contributed by atoms with E-state index in [1.165, 1.54) is 5.56 Å². The molecule has 0 saturated carbocycles. The lowest BCUT2D eigenvalue weighted by Crippen LogP contribution is -2.34. The number of benzene rings is 1. The van der Waals surface area contributed by atoms with E-state index in [0.29, 0.717) is 6.04 Å². The van der Waals surface area contributed by atoms with E-state index in [2.05, 4.69) is 43.1 Å². The van der Waals surface area contributed by atoms with Crippen LogP contribution in [0.3, 0.4) is 0 Å². The molecule has 0 spiro atoms. The van der Waals surface area contributed by atoms with Crippen molar-refractivity contribution in [2.75, 3.05) is 33.3 Å². The van der Waals surface area contributed by atoms with Crippen molar-refractivity contribution < 1.29 is 4.74 Å². The molecule has 1 N–H and O–H groups in total. The summed E-state index contributed by atoms with van der Waals surface area (Å²) in [6.45, 7) is 10.8. The van der Waals surface area contributed by atoms with E-state index in [9.17, 15) is 0 Å². The molecule has 0 heterocycles. The zero-order valence-corrected chi connectivity index (χ0v) is 12.1. The Hall–Kier alpha value is -1.06. The van der Waals surface area contributed by atoms with E-state index in [1.54, 1.807) is 7.11 Å². The van der Waals surface area contributed by atoms with Crippen LogP contribution in [0.25, 0.3) is 0 Å². The van der Waals surface area contributed by atoms with Gasteiger partial charge in [-0.1, -0.05) is 32.0 Å². The normalized spacial score (nSPS) is 12.7. The number of likely N-dealkylation sites (N-methyl/N-ethyl adjacent to an activating group) is 2. The van der Waals surface area contributed by atoms with Gasteiger partial charge in [0.25, 0.3) is 0 Å². The first kappa shape index (κ1) is 15.0. The number of methoxy groups -OCH3 is 1. The van der Waals surface area contributed by atoms with Gasteiger partial charge in [0.05, 0.1) is 7.11 Å². The van der Waals surface area contributed by atoms with Crippen LogP contribution >= 0.6 is 0 Å². The van der Waals surface area contributed by atoms with Gasteiger partial charge in [0, 0.05) is 24.7 Å². The first-order valence-corrected chi connectivity index (χ1v) is 6.82. The monoisotopic (exact) mass is 250 g/mol. The van der Waals surface area contributed by atoms with E-state index in [-0.39, 0.29) is 0 Å². The molecule has 1 rings (SSSR count). The molecule has 18 heavy (non-hydrogen) atoms. The molecule has 0 unspecified atom stereocenters. The van der Waals surface area contributed by atoms with Crippen LogP contribution in [0.1, 0.15) is 32.4 Å². The minimum Gasteiger partial charge on any atom is -0.496 e. The van der Waals surface area contributed by atoms with Gasteiger partial charge in [0.15, 0.2) is 0 Å². The molecule has 0 amide bonds. The Balaban J connectivity index is 2.72. The summed E-state index contributed by atoms with van der Waals surface area (Å²) in [7, 11) is 1.74. The van der Waals surface area contributed by atoms with Crippen molar-refractivity contribution in [3.8, 4) is 5.75 Å². The minimum absolute atomic E-state index is 0.379. The van der Waals surface area contributed by atoms with Crippen molar-refractivity contribution in [3.05, 3.63) is 29.8 Å². The molecule has 0 aliphatic carbocycles. The summed E-state index contributed by atoms with van der Waals surface area (Å²) in [5, 5.41) is 3.38. The average molecular weight is 250 g/mol. The van der Waals surface area contributed by atoms with Crippen LogP contribution in [0.5, 0.6) is 5.75 Å². The van der Waals surface area contributed by atoms with Crippen LogP contribution in [0, 0.1) is 0 Å². The van der Waals surface area contributed by atoms with Gasteiger partial charge < -0.3 is 10.1 Å². The summed E-state index contributed by atoms with van der Waals surface area (Å²) in [6, 6.07) is 8.66. The molecule has 102 valence electrons. The summed E-state index contributed by atoms with van der Waals surface area (Å²) in [4.78, 5) is 2.46. The van der Waals surface area contributed by atoms with Crippen molar-refractivity contribution in [2.24, 2.45) is 0 Å². The summed E-state index contributed by atoms with van der Waals surface area (Å²) < 4.78 is 5.44. The van der Waals surface area contributed by atoms with Crippen LogP contribution in [0.4, 0.5) is 0 Å². The predicted octanol–water partition coefficient (Wildman–Crippen LogP) is 2.69. The number of nitrogens with zero attached hydrogens (tertiary/aromatic N) is 1. The smallest absolute Gasteiger partial charge is 0.123 e. The summed E-state index contributed by atoms with van der Waals surface area (Å²) >= 11 is 0. The van der Waals surface area contributed by atoms with Crippen LogP contribution in [-0.2, 0) is 0 Å². The Bertz CT molecular complexity index is 341. The molecule has 1 atom stereocenters. The number of para-hydroxylation sites is 1. The Morgan fingerprint density at radius 1 is 1.28 bits per heavy atom. The number of hydrogen-bond donors (Lipinski definition) is 1. The van der Waals surface area contributed by atoms with E-state index >= 15 is 0 Å². The third-order valence-electron chi connectivity index (χ3n) is 3.37. The van der Waals surface area contributed by atoms with Crippen LogP contribution in [0.15, 0.2) is 24.3 Å².